The van der Waals surface area contributed by atoms with Crippen LogP contribution in [0.1, 0.15) is 11.3 Å². The number of ether oxygens (including phenoxy) is 1. The summed E-state index contributed by atoms with van der Waals surface area (Å²) in [5, 5.41) is 14.2. The van der Waals surface area contributed by atoms with Gasteiger partial charge < -0.3 is 14.4 Å². The molecule has 2 aromatic carbocycles. The summed E-state index contributed by atoms with van der Waals surface area (Å²) in [6.45, 7) is 0.277. The number of aromatic nitrogens is 3. The lowest BCUT2D eigenvalue weighted by atomic mass is 10.1. The molecule has 32 heavy (non-hydrogen) atoms. The molecule has 2 heterocycles. The Morgan fingerprint density at radius 3 is 2.53 bits per heavy atom. The van der Waals surface area contributed by atoms with E-state index in [4.69, 9.17) is 9.84 Å². The van der Waals surface area contributed by atoms with Gasteiger partial charge in [-0.15, -0.1) is 0 Å². The molecule has 0 radical (unpaired) electrons. The highest BCUT2D eigenvalue weighted by Gasteiger charge is 2.30. The highest BCUT2D eigenvalue weighted by molar-refractivity contribution is 5.83. The summed E-state index contributed by atoms with van der Waals surface area (Å²) >= 11 is 0. The number of carbonyl (C=O) groups is 1. The molecule has 0 unspecified atom stereocenters. The molecule has 0 fully saturated rings. The number of aryl methyl sites for hydroxylation is 1. The molecule has 0 aliphatic rings. The van der Waals surface area contributed by atoms with Crippen LogP contribution < -0.4 is 4.74 Å². The van der Waals surface area contributed by atoms with E-state index in [9.17, 15) is 18.0 Å². The van der Waals surface area contributed by atoms with Gasteiger partial charge in [-0.3, -0.25) is 9.48 Å². The van der Waals surface area contributed by atoms with E-state index in [1.165, 1.54) is 12.1 Å². The molecule has 0 saturated heterocycles. The summed E-state index contributed by atoms with van der Waals surface area (Å²) in [6, 6.07) is 14.1. The average Bonchev–Trinajstić information content (AvgIpc) is 3.30. The second kappa shape index (κ2) is 8.41. The summed E-state index contributed by atoms with van der Waals surface area (Å²) in [5.41, 5.74) is 2.21. The lowest BCUT2D eigenvalue weighted by Crippen LogP contribution is -2.07. The minimum Gasteiger partial charge on any atom is -0.493 e. The predicted octanol–water partition coefficient (Wildman–Crippen LogP) is 4.77. The zero-order valence-electron chi connectivity index (χ0n) is 17.1. The van der Waals surface area contributed by atoms with Crippen LogP contribution in [0.15, 0.2) is 60.8 Å². The van der Waals surface area contributed by atoms with Crippen molar-refractivity contribution in [1.29, 1.82) is 0 Å². The van der Waals surface area contributed by atoms with Crippen LogP contribution in [-0.2, 0) is 31.0 Å². The van der Waals surface area contributed by atoms with Crippen molar-refractivity contribution in [2.45, 2.75) is 19.1 Å². The van der Waals surface area contributed by atoms with Crippen molar-refractivity contribution in [3.05, 3.63) is 72.1 Å². The minimum absolute atomic E-state index is 0.106. The molecule has 0 aliphatic heterocycles. The Hall–Kier alpha value is -3.75. The van der Waals surface area contributed by atoms with Crippen LogP contribution in [0.25, 0.3) is 22.2 Å². The molecule has 6 nitrogen and oxygen atoms in total. The Balaban J connectivity index is 1.40. The smallest absolute Gasteiger partial charge is 0.416 e. The summed E-state index contributed by atoms with van der Waals surface area (Å²) in [4.78, 5) is 10.9. The SMILES string of the molecule is Cn1nc(-c2ccc(C(F)(F)F)cc2)cc1CCOc1ccc2c(ccn2CC(=O)O)c1. The van der Waals surface area contributed by atoms with Crippen LogP contribution in [0.2, 0.25) is 0 Å². The number of benzene rings is 2. The third kappa shape index (κ3) is 4.61. The number of alkyl halides is 3. The zero-order valence-corrected chi connectivity index (χ0v) is 17.1. The van der Waals surface area contributed by atoms with E-state index in [1.54, 1.807) is 28.6 Å². The average molecular weight is 443 g/mol. The van der Waals surface area contributed by atoms with Gasteiger partial charge in [0.1, 0.15) is 12.3 Å². The number of fused-ring (bicyclic) bond motifs is 1. The van der Waals surface area contributed by atoms with Gasteiger partial charge in [0.05, 0.1) is 17.9 Å². The largest absolute Gasteiger partial charge is 0.493 e. The first-order chi connectivity index (χ1) is 15.2. The quantitative estimate of drug-likeness (QED) is 0.447. The number of hydrogen-bond acceptors (Lipinski definition) is 3. The molecule has 0 amide bonds. The molecule has 2 aromatic heterocycles. The predicted molar refractivity (Wildman–Crippen MR) is 112 cm³/mol. The molecule has 0 bridgehead atoms. The molecule has 0 atom stereocenters. The van der Waals surface area contributed by atoms with Crippen molar-refractivity contribution in [3.8, 4) is 17.0 Å². The van der Waals surface area contributed by atoms with Crippen LogP contribution >= 0.6 is 0 Å². The molecule has 9 heteroatoms. The highest BCUT2D eigenvalue weighted by atomic mass is 19.4. The normalized spacial score (nSPS) is 11.8. The zero-order chi connectivity index (χ0) is 22.9. The fourth-order valence-corrected chi connectivity index (χ4v) is 3.54. The van der Waals surface area contributed by atoms with Gasteiger partial charge in [0, 0.05) is 41.8 Å². The lowest BCUT2D eigenvalue weighted by Gasteiger charge is -2.07. The first-order valence-corrected chi connectivity index (χ1v) is 9.85. The van der Waals surface area contributed by atoms with Crippen LogP contribution in [0.5, 0.6) is 5.75 Å². The van der Waals surface area contributed by atoms with E-state index in [0.717, 1.165) is 28.7 Å². The van der Waals surface area contributed by atoms with Crippen LogP contribution in [0, 0.1) is 0 Å². The third-order valence-corrected chi connectivity index (χ3v) is 5.16. The van der Waals surface area contributed by atoms with E-state index in [2.05, 4.69) is 5.10 Å². The Morgan fingerprint density at radius 1 is 1.09 bits per heavy atom. The molecule has 0 saturated carbocycles. The standard InChI is InChI=1S/C23H20F3N3O3/c1-28-18(13-20(27-28)15-2-4-17(5-3-15)23(24,25)26)9-11-32-19-6-7-21-16(12-19)8-10-29(21)14-22(30)31/h2-8,10,12-13H,9,11,14H2,1H3,(H,30,31). The van der Waals surface area contributed by atoms with E-state index in [1.807, 2.05) is 24.3 Å². The molecule has 0 aliphatic carbocycles. The molecular formula is C23H20F3N3O3. The maximum atomic E-state index is 12.7. The molecular weight excluding hydrogens is 423 g/mol. The topological polar surface area (TPSA) is 69.3 Å². The van der Waals surface area contributed by atoms with Gasteiger partial charge in [-0.05, 0) is 42.5 Å². The Morgan fingerprint density at radius 2 is 1.84 bits per heavy atom. The number of hydrogen-bond donors (Lipinski definition) is 1. The van der Waals surface area contributed by atoms with Crippen molar-refractivity contribution in [3.63, 3.8) is 0 Å². The van der Waals surface area contributed by atoms with Gasteiger partial charge >= 0.3 is 12.1 Å². The maximum Gasteiger partial charge on any atom is 0.416 e. The first-order valence-electron chi connectivity index (χ1n) is 9.85. The Bertz CT molecular complexity index is 1260. The van der Waals surface area contributed by atoms with Gasteiger partial charge in [-0.1, -0.05) is 12.1 Å². The molecule has 1 N–H and O–H groups in total. The minimum atomic E-state index is -4.37. The monoisotopic (exact) mass is 443 g/mol. The maximum absolute atomic E-state index is 12.7. The van der Waals surface area contributed by atoms with Gasteiger partial charge in [0.15, 0.2) is 0 Å². The number of halogens is 3. The van der Waals surface area contributed by atoms with E-state index >= 15 is 0 Å². The molecule has 4 rings (SSSR count). The Labute approximate surface area is 181 Å². The summed E-state index contributed by atoms with van der Waals surface area (Å²) in [5.74, 6) is -0.245. The number of rotatable bonds is 7. The van der Waals surface area contributed by atoms with Crippen molar-refractivity contribution < 1.29 is 27.8 Å². The highest BCUT2D eigenvalue weighted by Crippen LogP contribution is 2.31. The van der Waals surface area contributed by atoms with Crippen LogP contribution in [0.4, 0.5) is 13.2 Å². The molecule has 0 spiro atoms. The summed E-state index contributed by atoms with van der Waals surface area (Å²) in [6.07, 6.45) is -2.09. The number of nitrogens with zero attached hydrogens (tertiary/aromatic N) is 3. The summed E-state index contributed by atoms with van der Waals surface area (Å²) in [7, 11) is 1.78. The third-order valence-electron chi connectivity index (χ3n) is 5.16. The molecule has 166 valence electrons. The van der Waals surface area contributed by atoms with Gasteiger partial charge in [0.2, 0.25) is 0 Å². The second-order valence-corrected chi connectivity index (χ2v) is 7.38. The number of carboxylic acids is 1. The summed E-state index contributed by atoms with van der Waals surface area (Å²) < 4.78 is 47.4. The number of aliphatic carboxylic acids is 1. The van der Waals surface area contributed by atoms with E-state index in [-0.39, 0.29) is 6.54 Å². The van der Waals surface area contributed by atoms with Gasteiger partial charge in [-0.2, -0.15) is 18.3 Å². The van der Waals surface area contributed by atoms with Crippen molar-refractivity contribution in [2.75, 3.05) is 6.61 Å². The van der Waals surface area contributed by atoms with Crippen molar-refractivity contribution >= 4 is 16.9 Å². The lowest BCUT2D eigenvalue weighted by molar-refractivity contribution is -0.138. The molecule has 4 aromatic rings. The fourth-order valence-electron chi connectivity index (χ4n) is 3.54. The van der Waals surface area contributed by atoms with E-state index in [0.29, 0.717) is 30.0 Å². The Kier molecular flexibility index (Phi) is 5.65. The van der Waals surface area contributed by atoms with Crippen LogP contribution in [0.3, 0.4) is 0 Å². The van der Waals surface area contributed by atoms with Gasteiger partial charge in [0.25, 0.3) is 0 Å². The second-order valence-electron chi connectivity index (χ2n) is 7.38. The van der Waals surface area contributed by atoms with Gasteiger partial charge in [-0.25, -0.2) is 0 Å². The van der Waals surface area contributed by atoms with E-state index < -0.39 is 17.7 Å². The fraction of sp³-hybridized carbons (Fsp3) is 0.217. The van der Waals surface area contributed by atoms with Crippen molar-refractivity contribution in [2.24, 2.45) is 7.05 Å². The first kappa shape index (κ1) is 21.5. The number of carboxylic acid groups (broad SMARTS) is 1. The van der Waals surface area contributed by atoms with Crippen molar-refractivity contribution in [1.82, 2.24) is 14.3 Å². The van der Waals surface area contributed by atoms with Crippen LogP contribution in [-0.4, -0.2) is 32.0 Å².